The van der Waals surface area contributed by atoms with Crippen molar-refractivity contribution in [2.75, 3.05) is 13.2 Å². The zero-order valence-corrected chi connectivity index (χ0v) is 15.3. The van der Waals surface area contributed by atoms with Crippen molar-refractivity contribution in [1.82, 2.24) is 4.90 Å². The lowest BCUT2D eigenvalue weighted by Crippen LogP contribution is -2.64. The van der Waals surface area contributed by atoms with Gasteiger partial charge in [-0.15, -0.1) is 0 Å². The summed E-state index contributed by atoms with van der Waals surface area (Å²) in [5.74, 6) is -0.377. The fourth-order valence-electron chi connectivity index (χ4n) is 2.99. The van der Waals surface area contributed by atoms with Crippen molar-refractivity contribution in [3.63, 3.8) is 0 Å². The molecular weight excluding hydrogens is 326 g/mol. The molecule has 4 N–H and O–H groups in total. The van der Waals surface area contributed by atoms with E-state index in [1.165, 1.54) is 11.3 Å². The monoisotopic (exact) mass is 359 g/mol. The minimum absolute atomic E-state index is 0.294. The van der Waals surface area contributed by atoms with E-state index in [0.29, 0.717) is 12.1 Å². The van der Waals surface area contributed by atoms with Gasteiger partial charge in [-0.25, -0.2) is 0 Å². The van der Waals surface area contributed by atoms with E-state index in [1.54, 1.807) is 6.92 Å². The average molecular weight is 359 g/mol. The van der Waals surface area contributed by atoms with E-state index in [4.69, 9.17) is 4.74 Å². The maximum absolute atomic E-state index is 12.5. The first kappa shape index (κ1) is 22.1. The highest BCUT2D eigenvalue weighted by molar-refractivity contribution is 5.92. The second kappa shape index (κ2) is 10.9. The van der Waals surface area contributed by atoms with E-state index in [9.17, 15) is 25.2 Å². The van der Waals surface area contributed by atoms with Crippen LogP contribution in [0.4, 0.5) is 0 Å². The Morgan fingerprint density at radius 2 is 1.64 bits per heavy atom. The number of hydrogen-bond donors (Lipinski definition) is 4. The zero-order chi connectivity index (χ0) is 19.0. The van der Waals surface area contributed by atoms with Crippen LogP contribution in [0.15, 0.2) is 12.2 Å². The van der Waals surface area contributed by atoms with Crippen LogP contribution in [-0.4, -0.2) is 75.0 Å². The highest BCUT2D eigenvalue weighted by Gasteiger charge is 2.46. The largest absolute Gasteiger partial charge is 0.394 e. The summed E-state index contributed by atoms with van der Waals surface area (Å²) in [6.45, 7) is 7.19. The van der Waals surface area contributed by atoms with Crippen LogP contribution in [0.3, 0.4) is 0 Å². The fraction of sp³-hybridized carbons (Fsp3) is 0.833. The van der Waals surface area contributed by atoms with Gasteiger partial charge in [0.2, 0.25) is 0 Å². The lowest BCUT2D eigenvalue weighted by Gasteiger charge is -2.44. The summed E-state index contributed by atoms with van der Waals surface area (Å²) in [4.78, 5) is 13.8. The van der Waals surface area contributed by atoms with Crippen LogP contribution in [-0.2, 0) is 9.53 Å². The van der Waals surface area contributed by atoms with Gasteiger partial charge >= 0.3 is 0 Å². The molecule has 25 heavy (non-hydrogen) atoms. The number of aliphatic hydroxyl groups is 4. The van der Waals surface area contributed by atoms with Gasteiger partial charge in [0.1, 0.15) is 24.4 Å². The van der Waals surface area contributed by atoms with Gasteiger partial charge in [-0.2, -0.15) is 0 Å². The molecule has 0 spiro atoms. The molecule has 7 nitrogen and oxygen atoms in total. The predicted molar refractivity (Wildman–Crippen MR) is 93.7 cm³/mol. The molecule has 1 saturated heterocycles. The smallest absolute Gasteiger partial charge is 0.251 e. The molecule has 7 heteroatoms. The molecule has 1 heterocycles. The number of ether oxygens (including phenoxy) is 1. The Morgan fingerprint density at radius 1 is 1.04 bits per heavy atom. The van der Waals surface area contributed by atoms with Crippen LogP contribution in [0.5, 0.6) is 0 Å². The van der Waals surface area contributed by atoms with Crippen molar-refractivity contribution in [3.8, 4) is 0 Å². The van der Waals surface area contributed by atoms with Gasteiger partial charge in [0, 0.05) is 12.1 Å². The summed E-state index contributed by atoms with van der Waals surface area (Å²) in [5, 5.41) is 39.4. The number of carbonyl (C=O) groups excluding carboxylic acids is 1. The molecule has 146 valence electrons. The highest BCUT2D eigenvalue weighted by Crippen LogP contribution is 2.25. The first-order valence-electron chi connectivity index (χ1n) is 9.12. The Balaban J connectivity index is 2.77. The van der Waals surface area contributed by atoms with Crippen molar-refractivity contribution in [3.05, 3.63) is 12.2 Å². The Bertz CT molecular complexity index is 428. The number of rotatable bonds is 10. The van der Waals surface area contributed by atoms with E-state index in [1.807, 2.05) is 0 Å². The zero-order valence-electron chi connectivity index (χ0n) is 15.3. The molecule has 1 amide bonds. The molecular formula is C18H33NO6. The van der Waals surface area contributed by atoms with Crippen LogP contribution in [0.25, 0.3) is 0 Å². The molecule has 0 bridgehead atoms. The van der Waals surface area contributed by atoms with Crippen molar-refractivity contribution in [1.29, 1.82) is 0 Å². The van der Waals surface area contributed by atoms with Crippen molar-refractivity contribution >= 4 is 5.91 Å². The molecule has 0 aromatic rings. The highest BCUT2D eigenvalue weighted by atomic mass is 16.6. The minimum atomic E-state index is -1.50. The number of aliphatic hydroxyl groups excluding tert-OH is 4. The molecule has 0 aromatic carbocycles. The van der Waals surface area contributed by atoms with Gasteiger partial charge in [-0.3, -0.25) is 4.79 Å². The van der Waals surface area contributed by atoms with Crippen LogP contribution in [0.2, 0.25) is 0 Å². The van der Waals surface area contributed by atoms with Crippen LogP contribution in [0.1, 0.15) is 52.4 Å². The second-order valence-electron chi connectivity index (χ2n) is 6.77. The van der Waals surface area contributed by atoms with Crippen LogP contribution >= 0.6 is 0 Å². The van der Waals surface area contributed by atoms with Crippen molar-refractivity contribution in [2.45, 2.75) is 83.0 Å². The summed E-state index contributed by atoms with van der Waals surface area (Å²) < 4.78 is 5.51. The second-order valence-corrected chi connectivity index (χ2v) is 6.77. The van der Waals surface area contributed by atoms with Crippen LogP contribution < -0.4 is 0 Å². The molecule has 0 aromatic heterocycles. The van der Waals surface area contributed by atoms with Gasteiger partial charge in [-0.1, -0.05) is 45.6 Å². The first-order valence-corrected chi connectivity index (χ1v) is 9.12. The maximum atomic E-state index is 12.5. The quantitative estimate of drug-likeness (QED) is 0.335. The number of nitrogens with zero attached hydrogens (tertiary/aromatic N) is 1. The van der Waals surface area contributed by atoms with E-state index < -0.39 is 37.3 Å². The standard InChI is InChI=1S/C18H33NO6/c1-4-5-6-7-8-9-10-19(17(24)12(2)3)18-16(23)15(22)14(21)13(11-20)25-18/h13-16,18,20-23H,2,4-11H2,1,3H3/t13-,14-,15+,16-,18-/m1/s1. The molecule has 5 atom stereocenters. The van der Waals surface area contributed by atoms with Crippen LogP contribution in [0, 0.1) is 0 Å². The first-order chi connectivity index (χ1) is 11.8. The molecule has 0 radical (unpaired) electrons. The maximum Gasteiger partial charge on any atom is 0.251 e. The summed E-state index contributed by atoms with van der Waals surface area (Å²) in [6.07, 6.45) is -0.331. The normalized spacial score (nSPS) is 29.4. The Morgan fingerprint density at radius 3 is 2.20 bits per heavy atom. The SMILES string of the molecule is C=C(C)C(=O)N(CCCCCCCC)[C@@H]1O[C@H](CO)[C@@H](O)[C@H](O)[C@H]1O. The Labute approximate surface area is 149 Å². The van der Waals surface area contributed by atoms with Gasteiger partial charge in [0.25, 0.3) is 5.91 Å². The lowest BCUT2D eigenvalue weighted by atomic mass is 9.97. The minimum Gasteiger partial charge on any atom is -0.394 e. The van der Waals surface area contributed by atoms with Gasteiger partial charge < -0.3 is 30.1 Å². The van der Waals surface area contributed by atoms with E-state index >= 15 is 0 Å². The van der Waals surface area contributed by atoms with Crippen molar-refractivity contribution < 1.29 is 30.0 Å². The topological polar surface area (TPSA) is 110 Å². The van der Waals surface area contributed by atoms with Gasteiger partial charge in [0.05, 0.1) is 6.61 Å². The fourth-order valence-corrected chi connectivity index (χ4v) is 2.99. The number of hydrogen-bond acceptors (Lipinski definition) is 6. The third kappa shape index (κ3) is 6.04. The third-order valence-corrected chi connectivity index (χ3v) is 4.55. The number of unbranched alkanes of at least 4 members (excludes halogenated alkanes) is 5. The summed E-state index contributed by atoms with van der Waals surface area (Å²) in [7, 11) is 0. The van der Waals surface area contributed by atoms with Gasteiger partial charge in [-0.05, 0) is 13.3 Å². The van der Waals surface area contributed by atoms with E-state index in [-0.39, 0.29) is 5.91 Å². The summed E-state index contributed by atoms with van der Waals surface area (Å²) in [5.41, 5.74) is 0.294. The average Bonchev–Trinajstić information content (AvgIpc) is 2.59. The Kier molecular flexibility index (Phi) is 9.60. The third-order valence-electron chi connectivity index (χ3n) is 4.55. The van der Waals surface area contributed by atoms with Gasteiger partial charge in [0.15, 0.2) is 6.23 Å². The van der Waals surface area contributed by atoms with Crippen molar-refractivity contribution in [2.24, 2.45) is 0 Å². The lowest BCUT2D eigenvalue weighted by molar-refractivity contribution is -0.261. The van der Waals surface area contributed by atoms with E-state index in [0.717, 1.165) is 32.1 Å². The summed E-state index contributed by atoms with van der Waals surface area (Å²) >= 11 is 0. The molecule has 1 rings (SSSR count). The summed E-state index contributed by atoms with van der Waals surface area (Å²) in [6, 6.07) is 0. The molecule has 1 aliphatic rings. The number of carbonyl (C=O) groups is 1. The van der Waals surface area contributed by atoms with E-state index in [2.05, 4.69) is 13.5 Å². The molecule has 0 aliphatic carbocycles. The predicted octanol–water partition coefficient (Wildman–Crippen LogP) is 0.551. The molecule has 1 aliphatic heterocycles. The molecule has 0 saturated carbocycles. The molecule has 1 fully saturated rings. The molecule has 0 unspecified atom stereocenters. The Hall–Kier alpha value is -0.990. The number of amides is 1.